The molecule has 0 atom stereocenters. The highest BCUT2D eigenvalue weighted by Gasteiger charge is 2.27. The number of sulfonamides is 1. The van der Waals surface area contributed by atoms with Crippen LogP contribution in [-0.2, 0) is 10.0 Å². The van der Waals surface area contributed by atoms with Crippen LogP contribution in [0.25, 0.3) is 10.9 Å². The van der Waals surface area contributed by atoms with Gasteiger partial charge in [0.2, 0.25) is 10.0 Å². The van der Waals surface area contributed by atoms with Crippen LogP contribution in [0.4, 0.5) is 0 Å². The molecule has 0 aliphatic carbocycles. The van der Waals surface area contributed by atoms with E-state index < -0.39 is 10.0 Å². The van der Waals surface area contributed by atoms with Gasteiger partial charge >= 0.3 is 0 Å². The predicted octanol–water partition coefficient (Wildman–Crippen LogP) is 2.98. The molecule has 1 aromatic heterocycles. The Balaban J connectivity index is 2.11. The fourth-order valence-corrected chi connectivity index (χ4v) is 4.17. The number of halogens is 1. The van der Waals surface area contributed by atoms with Gasteiger partial charge in [0, 0.05) is 18.5 Å². The van der Waals surface area contributed by atoms with Crippen LogP contribution in [0.15, 0.2) is 29.2 Å². The van der Waals surface area contributed by atoms with Gasteiger partial charge in [-0.3, -0.25) is 0 Å². The first kappa shape index (κ1) is 13.8. The number of aromatic nitrogens is 1. The summed E-state index contributed by atoms with van der Waals surface area (Å²) in [6.45, 7) is 3.08. The molecule has 0 N–H and O–H groups in total. The average Bonchev–Trinajstić information content (AvgIpc) is 2.94. The molecular formula is C14H15ClN2O2S. The van der Waals surface area contributed by atoms with Crippen molar-refractivity contribution in [3.8, 4) is 0 Å². The number of benzene rings is 1. The van der Waals surface area contributed by atoms with Gasteiger partial charge in [0.05, 0.1) is 10.4 Å². The SMILES string of the molecule is Cc1cc2cc(S(=O)(=O)N3CCCC3)ccc2nc1Cl. The number of fused-ring (bicyclic) bond motifs is 1. The molecule has 0 saturated carbocycles. The minimum Gasteiger partial charge on any atom is -0.236 e. The van der Waals surface area contributed by atoms with Crippen LogP contribution in [0, 0.1) is 6.92 Å². The topological polar surface area (TPSA) is 50.3 Å². The lowest BCUT2D eigenvalue weighted by molar-refractivity contribution is 0.477. The lowest BCUT2D eigenvalue weighted by Crippen LogP contribution is -2.27. The lowest BCUT2D eigenvalue weighted by Gasteiger charge is -2.15. The van der Waals surface area contributed by atoms with Crippen molar-refractivity contribution < 1.29 is 8.42 Å². The first-order valence-corrected chi connectivity index (χ1v) is 8.37. The quantitative estimate of drug-likeness (QED) is 0.801. The van der Waals surface area contributed by atoms with Gasteiger partial charge in [0.1, 0.15) is 5.15 Å². The maximum Gasteiger partial charge on any atom is 0.243 e. The zero-order valence-electron chi connectivity index (χ0n) is 11.1. The average molecular weight is 311 g/mol. The highest BCUT2D eigenvalue weighted by Crippen LogP contribution is 2.26. The summed E-state index contributed by atoms with van der Waals surface area (Å²) >= 11 is 5.98. The Morgan fingerprint density at radius 1 is 1.20 bits per heavy atom. The molecule has 0 radical (unpaired) electrons. The second-order valence-electron chi connectivity index (χ2n) is 5.06. The summed E-state index contributed by atoms with van der Waals surface area (Å²) in [4.78, 5) is 4.58. The fourth-order valence-electron chi connectivity index (χ4n) is 2.47. The standard InChI is InChI=1S/C14H15ClN2O2S/c1-10-8-11-9-12(4-5-13(11)16-14(10)15)20(18,19)17-6-2-3-7-17/h4-5,8-9H,2-3,6-7H2,1H3. The third-order valence-electron chi connectivity index (χ3n) is 3.62. The van der Waals surface area contributed by atoms with E-state index in [9.17, 15) is 8.42 Å². The first-order chi connectivity index (χ1) is 9.48. The molecule has 106 valence electrons. The zero-order chi connectivity index (χ0) is 14.3. The summed E-state index contributed by atoms with van der Waals surface area (Å²) in [5.41, 5.74) is 1.55. The van der Waals surface area contributed by atoms with Gasteiger partial charge in [-0.05, 0) is 49.6 Å². The summed E-state index contributed by atoms with van der Waals surface area (Å²) in [6.07, 6.45) is 1.87. The molecule has 1 fully saturated rings. The van der Waals surface area contributed by atoms with Crippen molar-refractivity contribution in [2.75, 3.05) is 13.1 Å². The third kappa shape index (κ3) is 2.30. The molecule has 2 heterocycles. The summed E-state index contributed by atoms with van der Waals surface area (Å²) in [5, 5.41) is 1.25. The molecule has 1 aliphatic heterocycles. The predicted molar refractivity (Wildman–Crippen MR) is 79.5 cm³/mol. The Labute approximate surface area is 123 Å². The number of rotatable bonds is 2. The summed E-state index contributed by atoms with van der Waals surface area (Å²) < 4.78 is 26.6. The minimum absolute atomic E-state index is 0.329. The van der Waals surface area contributed by atoms with E-state index in [-0.39, 0.29) is 0 Å². The Bertz CT molecular complexity index is 768. The molecule has 3 rings (SSSR count). The van der Waals surface area contributed by atoms with Crippen molar-refractivity contribution in [2.45, 2.75) is 24.7 Å². The van der Waals surface area contributed by atoms with Crippen molar-refractivity contribution >= 4 is 32.5 Å². The van der Waals surface area contributed by atoms with Crippen LogP contribution in [0.5, 0.6) is 0 Å². The molecule has 0 unspecified atom stereocenters. The second-order valence-corrected chi connectivity index (χ2v) is 7.36. The molecule has 6 heteroatoms. The second kappa shape index (κ2) is 4.98. The molecular weight excluding hydrogens is 296 g/mol. The van der Waals surface area contributed by atoms with Gasteiger partial charge in [-0.25, -0.2) is 13.4 Å². The number of aryl methyl sites for hydroxylation is 1. The van der Waals surface area contributed by atoms with E-state index in [1.807, 2.05) is 13.0 Å². The van der Waals surface area contributed by atoms with Gasteiger partial charge in [-0.15, -0.1) is 0 Å². The highest BCUT2D eigenvalue weighted by atomic mass is 35.5. The molecule has 0 spiro atoms. The summed E-state index contributed by atoms with van der Waals surface area (Å²) in [7, 11) is -3.38. The van der Waals surface area contributed by atoms with Gasteiger partial charge < -0.3 is 0 Å². The van der Waals surface area contributed by atoms with Crippen molar-refractivity contribution in [1.29, 1.82) is 0 Å². The van der Waals surface area contributed by atoms with Crippen LogP contribution in [0.2, 0.25) is 5.15 Å². The van der Waals surface area contributed by atoms with Crippen LogP contribution in [-0.4, -0.2) is 30.8 Å². The Morgan fingerprint density at radius 2 is 1.90 bits per heavy atom. The molecule has 0 bridgehead atoms. The number of hydrogen-bond donors (Lipinski definition) is 0. The van der Waals surface area contributed by atoms with E-state index in [1.54, 1.807) is 22.5 Å². The minimum atomic E-state index is -3.38. The fraction of sp³-hybridized carbons (Fsp3) is 0.357. The Hall–Kier alpha value is -1.17. The van der Waals surface area contributed by atoms with E-state index in [1.165, 1.54) is 0 Å². The molecule has 1 aromatic carbocycles. The van der Waals surface area contributed by atoms with Crippen LogP contribution < -0.4 is 0 Å². The molecule has 1 saturated heterocycles. The smallest absolute Gasteiger partial charge is 0.236 e. The largest absolute Gasteiger partial charge is 0.243 e. The zero-order valence-corrected chi connectivity index (χ0v) is 12.7. The van der Waals surface area contributed by atoms with E-state index in [0.717, 1.165) is 23.8 Å². The van der Waals surface area contributed by atoms with E-state index in [0.29, 0.717) is 28.7 Å². The summed E-state index contributed by atoms with van der Waals surface area (Å²) in [5.74, 6) is 0. The highest BCUT2D eigenvalue weighted by molar-refractivity contribution is 7.89. The Morgan fingerprint density at radius 3 is 2.60 bits per heavy atom. The molecule has 1 aliphatic rings. The van der Waals surface area contributed by atoms with Crippen molar-refractivity contribution in [3.05, 3.63) is 35.0 Å². The number of nitrogens with zero attached hydrogens (tertiary/aromatic N) is 2. The van der Waals surface area contributed by atoms with E-state index in [2.05, 4.69) is 4.98 Å². The van der Waals surface area contributed by atoms with Crippen LogP contribution in [0.3, 0.4) is 0 Å². The monoisotopic (exact) mass is 310 g/mol. The lowest BCUT2D eigenvalue weighted by atomic mass is 10.2. The molecule has 2 aromatic rings. The van der Waals surface area contributed by atoms with Crippen molar-refractivity contribution in [1.82, 2.24) is 9.29 Å². The molecule has 20 heavy (non-hydrogen) atoms. The number of pyridine rings is 1. The third-order valence-corrected chi connectivity index (χ3v) is 5.90. The maximum absolute atomic E-state index is 12.5. The van der Waals surface area contributed by atoms with E-state index in [4.69, 9.17) is 11.6 Å². The maximum atomic E-state index is 12.5. The van der Waals surface area contributed by atoms with Crippen molar-refractivity contribution in [2.24, 2.45) is 0 Å². The summed E-state index contributed by atoms with van der Waals surface area (Å²) in [6, 6.07) is 6.87. The number of hydrogen-bond acceptors (Lipinski definition) is 3. The Kier molecular flexibility index (Phi) is 3.44. The van der Waals surface area contributed by atoms with Gasteiger partial charge in [0.25, 0.3) is 0 Å². The van der Waals surface area contributed by atoms with Gasteiger partial charge in [0.15, 0.2) is 0 Å². The van der Waals surface area contributed by atoms with Crippen molar-refractivity contribution in [3.63, 3.8) is 0 Å². The molecule has 4 nitrogen and oxygen atoms in total. The van der Waals surface area contributed by atoms with E-state index >= 15 is 0 Å². The van der Waals surface area contributed by atoms with Gasteiger partial charge in [-0.2, -0.15) is 4.31 Å². The van der Waals surface area contributed by atoms with Crippen LogP contribution >= 0.6 is 11.6 Å². The van der Waals surface area contributed by atoms with Crippen LogP contribution in [0.1, 0.15) is 18.4 Å². The normalized spacial score (nSPS) is 16.9. The van der Waals surface area contributed by atoms with Gasteiger partial charge in [-0.1, -0.05) is 11.6 Å². The molecule has 0 amide bonds. The first-order valence-electron chi connectivity index (χ1n) is 6.55.